The minimum Gasteiger partial charge on any atom is -0.373 e. The van der Waals surface area contributed by atoms with E-state index < -0.39 is 0 Å². The summed E-state index contributed by atoms with van der Waals surface area (Å²) in [6.45, 7) is 6.28. The summed E-state index contributed by atoms with van der Waals surface area (Å²) in [5, 5.41) is 0. The molecule has 0 heterocycles. The maximum atomic E-state index is 11.1. The van der Waals surface area contributed by atoms with Crippen LogP contribution in [-0.4, -0.2) is 18.5 Å². The van der Waals surface area contributed by atoms with Gasteiger partial charge < -0.3 is 4.74 Å². The summed E-state index contributed by atoms with van der Waals surface area (Å²) in [6, 6.07) is 0. The fourth-order valence-electron chi connectivity index (χ4n) is 1.52. The zero-order chi connectivity index (χ0) is 8.97. The Morgan fingerprint density at radius 1 is 1.75 bits per heavy atom. The molecule has 2 atom stereocenters. The molecule has 0 aliphatic heterocycles. The minimum atomic E-state index is 0.129. The van der Waals surface area contributed by atoms with Gasteiger partial charge in [-0.2, -0.15) is 0 Å². The molecule has 1 rings (SSSR count). The second-order valence-corrected chi connectivity index (χ2v) is 3.42. The van der Waals surface area contributed by atoms with Crippen molar-refractivity contribution in [2.75, 3.05) is 6.61 Å². The topological polar surface area (TPSA) is 26.3 Å². The molecule has 0 N–H and O–H groups in total. The minimum absolute atomic E-state index is 0.129. The molecular weight excluding hydrogens is 152 g/mol. The summed E-state index contributed by atoms with van der Waals surface area (Å²) in [7, 11) is 0. The number of ether oxygens (including phenoxy) is 1. The van der Waals surface area contributed by atoms with Gasteiger partial charge in [0.15, 0.2) is 0 Å². The van der Waals surface area contributed by atoms with E-state index in [-0.39, 0.29) is 6.10 Å². The molecule has 0 radical (unpaired) electrons. The molecule has 0 bridgehead atoms. The quantitative estimate of drug-likeness (QED) is 0.602. The summed E-state index contributed by atoms with van der Waals surface area (Å²) in [5.74, 6) is 0.852. The van der Waals surface area contributed by atoms with Crippen LogP contribution in [0.15, 0.2) is 12.7 Å². The smallest absolute Gasteiger partial charge is 0.135 e. The highest BCUT2D eigenvalue weighted by Crippen LogP contribution is 2.23. The molecule has 12 heavy (non-hydrogen) atoms. The van der Waals surface area contributed by atoms with Crippen LogP contribution < -0.4 is 0 Å². The van der Waals surface area contributed by atoms with Gasteiger partial charge in [-0.15, -0.1) is 6.58 Å². The van der Waals surface area contributed by atoms with E-state index in [4.69, 9.17) is 4.74 Å². The number of Topliss-reactive ketones (excluding diaryl/α,β-unsaturated/α-hetero) is 1. The molecule has 1 saturated carbocycles. The highest BCUT2D eigenvalue weighted by molar-refractivity contribution is 5.79. The summed E-state index contributed by atoms with van der Waals surface area (Å²) in [4.78, 5) is 11.1. The highest BCUT2D eigenvalue weighted by atomic mass is 16.5. The Hall–Kier alpha value is -0.630. The van der Waals surface area contributed by atoms with Gasteiger partial charge in [0.2, 0.25) is 0 Å². The van der Waals surface area contributed by atoms with Crippen molar-refractivity contribution < 1.29 is 9.53 Å². The van der Waals surface area contributed by atoms with E-state index in [0.717, 1.165) is 12.8 Å². The molecule has 68 valence electrons. The van der Waals surface area contributed by atoms with Gasteiger partial charge in [0.1, 0.15) is 5.78 Å². The van der Waals surface area contributed by atoms with Crippen LogP contribution in [0.5, 0.6) is 0 Å². The maximum absolute atomic E-state index is 11.1. The predicted molar refractivity (Wildman–Crippen MR) is 48.0 cm³/mol. The van der Waals surface area contributed by atoms with Crippen molar-refractivity contribution in [2.24, 2.45) is 5.92 Å². The zero-order valence-corrected chi connectivity index (χ0v) is 7.58. The first kappa shape index (κ1) is 9.46. The van der Waals surface area contributed by atoms with Gasteiger partial charge in [-0.3, -0.25) is 4.79 Å². The Morgan fingerprint density at radius 2 is 2.50 bits per heavy atom. The van der Waals surface area contributed by atoms with Gasteiger partial charge in [0.05, 0.1) is 12.7 Å². The standard InChI is InChI=1S/C10H16O2/c1-3-6-12-10-7-9(11)5-4-8(10)2/h3,8,10H,1,4-7H2,2H3. The van der Waals surface area contributed by atoms with Gasteiger partial charge in [-0.05, 0) is 12.3 Å². The lowest BCUT2D eigenvalue weighted by molar-refractivity contribution is -0.126. The predicted octanol–water partition coefficient (Wildman–Crippen LogP) is 1.95. The molecule has 0 saturated heterocycles. The Kier molecular flexibility index (Phi) is 3.48. The molecule has 2 heteroatoms. The number of carbonyl (C=O) groups excluding carboxylic acids is 1. The number of hydrogen-bond donors (Lipinski definition) is 0. The van der Waals surface area contributed by atoms with Crippen molar-refractivity contribution in [3.05, 3.63) is 12.7 Å². The van der Waals surface area contributed by atoms with E-state index in [2.05, 4.69) is 13.5 Å². The number of ketones is 1. The third-order valence-electron chi connectivity index (χ3n) is 2.37. The Bertz CT molecular complexity index is 175. The van der Waals surface area contributed by atoms with Gasteiger partial charge in [0, 0.05) is 12.8 Å². The molecule has 2 unspecified atom stereocenters. The van der Waals surface area contributed by atoms with Crippen molar-refractivity contribution in [2.45, 2.75) is 32.3 Å². The molecule has 0 spiro atoms. The molecule has 1 fully saturated rings. The highest BCUT2D eigenvalue weighted by Gasteiger charge is 2.26. The molecule has 0 amide bonds. The summed E-state index contributed by atoms with van der Waals surface area (Å²) >= 11 is 0. The van der Waals surface area contributed by atoms with E-state index in [9.17, 15) is 4.79 Å². The van der Waals surface area contributed by atoms with Crippen molar-refractivity contribution in [3.63, 3.8) is 0 Å². The van der Waals surface area contributed by atoms with Crippen LogP contribution in [0, 0.1) is 5.92 Å². The second-order valence-electron chi connectivity index (χ2n) is 3.42. The van der Waals surface area contributed by atoms with Crippen LogP contribution in [0.2, 0.25) is 0 Å². The van der Waals surface area contributed by atoms with E-state index >= 15 is 0 Å². The maximum Gasteiger partial charge on any atom is 0.135 e. The number of hydrogen-bond acceptors (Lipinski definition) is 2. The zero-order valence-electron chi connectivity index (χ0n) is 7.58. The molecule has 0 aromatic carbocycles. The van der Waals surface area contributed by atoms with Crippen molar-refractivity contribution >= 4 is 5.78 Å². The molecule has 1 aliphatic carbocycles. The van der Waals surface area contributed by atoms with E-state index in [1.807, 2.05) is 0 Å². The molecule has 1 aliphatic rings. The van der Waals surface area contributed by atoms with Crippen LogP contribution in [0.4, 0.5) is 0 Å². The Morgan fingerprint density at radius 3 is 3.17 bits per heavy atom. The summed E-state index contributed by atoms with van der Waals surface area (Å²) < 4.78 is 5.48. The summed E-state index contributed by atoms with van der Waals surface area (Å²) in [6.07, 6.45) is 4.15. The lowest BCUT2D eigenvalue weighted by Crippen LogP contribution is -2.30. The first-order chi connectivity index (χ1) is 5.74. The number of rotatable bonds is 3. The van der Waals surface area contributed by atoms with Crippen LogP contribution in [0.25, 0.3) is 0 Å². The van der Waals surface area contributed by atoms with Gasteiger partial charge in [0.25, 0.3) is 0 Å². The van der Waals surface area contributed by atoms with Crippen molar-refractivity contribution in [1.82, 2.24) is 0 Å². The molecule has 2 nitrogen and oxygen atoms in total. The molecule has 0 aromatic rings. The first-order valence-electron chi connectivity index (χ1n) is 4.48. The Labute approximate surface area is 73.6 Å². The SMILES string of the molecule is C=CCOC1CC(=O)CCC1C. The Balaban J connectivity index is 2.37. The average molecular weight is 168 g/mol. The third kappa shape index (κ3) is 2.45. The first-order valence-corrected chi connectivity index (χ1v) is 4.48. The lowest BCUT2D eigenvalue weighted by Gasteiger charge is -2.27. The van der Waals surface area contributed by atoms with E-state index in [1.54, 1.807) is 6.08 Å². The van der Waals surface area contributed by atoms with Crippen molar-refractivity contribution in [1.29, 1.82) is 0 Å². The normalized spacial score (nSPS) is 30.2. The average Bonchev–Trinajstić information content (AvgIpc) is 2.07. The van der Waals surface area contributed by atoms with E-state index in [1.165, 1.54) is 0 Å². The molecular formula is C10H16O2. The van der Waals surface area contributed by atoms with Crippen LogP contribution in [0.3, 0.4) is 0 Å². The number of carbonyl (C=O) groups is 1. The molecule has 0 aromatic heterocycles. The van der Waals surface area contributed by atoms with E-state index in [0.29, 0.717) is 24.7 Å². The lowest BCUT2D eigenvalue weighted by atomic mass is 9.87. The van der Waals surface area contributed by atoms with Crippen LogP contribution >= 0.6 is 0 Å². The van der Waals surface area contributed by atoms with Crippen LogP contribution in [0.1, 0.15) is 26.2 Å². The van der Waals surface area contributed by atoms with Crippen molar-refractivity contribution in [3.8, 4) is 0 Å². The summed E-state index contributed by atoms with van der Waals surface area (Å²) in [5.41, 5.74) is 0. The fourth-order valence-corrected chi connectivity index (χ4v) is 1.52. The second kappa shape index (κ2) is 4.41. The monoisotopic (exact) mass is 168 g/mol. The van der Waals surface area contributed by atoms with Gasteiger partial charge >= 0.3 is 0 Å². The van der Waals surface area contributed by atoms with Gasteiger partial charge in [-0.1, -0.05) is 13.0 Å². The van der Waals surface area contributed by atoms with Crippen LogP contribution in [-0.2, 0) is 9.53 Å². The third-order valence-corrected chi connectivity index (χ3v) is 2.37. The fraction of sp³-hybridized carbons (Fsp3) is 0.700. The van der Waals surface area contributed by atoms with Gasteiger partial charge in [-0.25, -0.2) is 0 Å². The largest absolute Gasteiger partial charge is 0.373 e.